The van der Waals surface area contributed by atoms with Gasteiger partial charge in [-0.25, -0.2) is 4.79 Å². The van der Waals surface area contributed by atoms with E-state index in [4.69, 9.17) is 10.5 Å². The zero-order valence-electron chi connectivity index (χ0n) is 25.4. The molecule has 3 amide bonds. The minimum absolute atomic E-state index is 0.000820. The zero-order valence-corrected chi connectivity index (χ0v) is 26.2. The summed E-state index contributed by atoms with van der Waals surface area (Å²) in [6, 6.07) is 6.39. The number of ketones is 1. The topological polar surface area (TPSA) is 145 Å². The maximum atomic E-state index is 13.7. The highest BCUT2D eigenvalue weighted by molar-refractivity contribution is 8.14. The van der Waals surface area contributed by atoms with E-state index in [1.165, 1.54) is 23.9 Å². The zero-order chi connectivity index (χ0) is 31.1. The number of rotatable bonds is 17. The molecule has 232 valence electrons. The molecule has 10 heteroatoms. The molecule has 0 unspecified atom stereocenters. The number of nitrogens with two attached hydrogens (primary N) is 1. The van der Waals surface area contributed by atoms with Crippen LogP contribution in [0.25, 0.3) is 0 Å². The van der Waals surface area contributed by atoms with Gasteiger partial charge in [0.15, 0.2) is 5.78 Å². The Morgan fingerprint density at radius 3 is 2.33 bits per heavy atom. The second-order valence-electron chi connectivity index (χ2n) is 11.4. The van der Waals surface area contributed by atoms with E-state index >= 15 is 0 Å². The van der Waals surface area contributed by atoms with Crippen LogP contribution in [0.5, 0.6) is 0 Å². The van der Waals surface area contributed by atoms with Gasteiger partial charge in [0, 0.05) is 36.1 Å². The van der Waals surface area contributed by atoms with Crippen LogP contribution in [0.2, 0.25) is 0 Å². The van der Waals surface area contributed by atoms with Crippen LogP contribution in [0, 0.1) is 18.8 Å². The maximum absolute atomic E-state index is 13.7. The van der Waals surface area contributed by atoms with E-state index in [1.807, 2.05) is 45.0 Å². The summed E-state index contributed by atoms with van der Waals surface area (Å²) in [7, 11) is 0. The van der Waals surface area contributed by atoms with Crippen LogP contribution in [-0.2, 0) is 30.3 Å². The molecular weight excluding hydrogens is 554 g/mol. The van der Waals surface area contributed by atoms with E-state index in [1.54, 1.807) is 6.92 Å². The lowest BCUT2D eigenvalue weighted by atomic mass is 9.88. The van der Waals surface area contributed by atoms with Crippen molar-refractivity contribution in [3.05, 3.63) is 47.5 Å². The van der Waals surface area contributed by atoms with E-state index < -0.39 is 29.9 Å². The van der Waals surface area contributed by atoms with Crippen molar-refractivity contribution in [2.24, 2.45) is 17.6 Å². The van der Waals surface area contributed by atoms with Gasteiger partial charge in [-0.05, 0) is 57.4 Å². The van der Waals surface area contributed by atoms with Gasteiger partial charge in [-0.2, -0.15) is 0 Å². The van der Waals surface area contributed by atoms with Crippen molar-refractivity contribution in [1.82, 2.24) is 10.6 Å². The van der Waals surface area contributed by atoms with Crippen LogP contribution >= 0.6 is 11.8 Å². The molecule has 0 heterocycles. The Kier molecular flexibility index (Phi) is 15.4. The molecule has 1 aliphatic rings. The lowest BCUT2D eigenvalue weighted by Gasteiger charge is -2.24. The summed E-state index contributed by atoms with van der Waals surface area (Å²) in [5.74, 6) is -2.26. The molecule has 2 rings (SSSR count). The van der Waals surface area contributed by atoms with Crippen molar-refractivity contribution in [3.8, 4) is 0 Å². The summed E-state index contributed by atoms with van der Waals surface area (Å²) in [6.45, 7) is 7.85. The first kappa shape index (κ1) is 35.1. The van der Waals surface area contributed by atoms with Crippen molar-refractivity contribution in [1.29, 1.82) is 0 Å². The van der Waals surface area contributed by atoms with Gasteiger partial charge < -0.3 is 21.1 Å². The van der Waals surface area contributed by atoms with Crippen LogP contribution < -0.4 is 16.4 Å². The number of aryl methyl sites for hydroxylation is 1. The quantitative estimate of drug-likeness (QED) is 0.172. The summed E-state index contributed by atoms with van der Waals surface area (Å²) in [4.78, 5) is 63.5. The highest BCUT2D eigenvalue weighted by atomic mass is 32.2. The highest BCUT2D eigenvalue weighted by Crippen LogP contribution is 2.30. The molecule has 1 aromatic carbocycles. The Labute approximate surface area is 254 Å². The van der Waals surface area contributed by atoms with Gasteiger partial charge in [0.2, 0.25) is 11.8 Å². The number of carbonyl (C=O) groups is 5. The molecular formula is C32H47N3O6S. The van der Waals surface area contributed by atoms with Crippen molar-refractivity contribution >= 4 is 40.6 Å². The molecule has 42 heavy (non-hydrogen) atoms. The number of esters is 1. The van der Waals surface area contributed by atoms with Crippen molar-refractivity contribution < 1.29 is 28.7 Å². The third kappa shape index (κ3) is 13.7. The highest BCUT2D eigenvalue weighted by Gasteiger charge is 2.30. The van der Waals surface area contributed by atoms with E-state index in [2.05, 4.69) is 10.6 Å². The number of amides is 3. The molecule has 1 aliphatic carbocycles. The van der Waals surface area contributed by atoms with Crippen LogP contribution in [-0.4, -0.2) is 52.7 Å². The molecule has 0 aliphatic heterocycles. The number of nitrogens with one attached hydrogen (secondary N) is 2. The largest absolute Gasteiger partial charge is 0.463 e. The molecule has 0 aromatic heterocycles. The first-order valence-corrected chi connectivity index (χ1v) is 15.8. The van der Waals surface area contributed by atoms with E-state index in [0.717, 1.165) is 36.8 Å². The Hall–Kier alpha value is -3.14. The summed E-state index contributed by atoms with van der Waals surface area (Å²) < 4.78 is 4.93. The van der Waals surface area contributed by atoms with Crippen LogP contribution in [0.1, 0.15) is 83.3 Å². The smallest absolute Gasteiger partial charge is 0.330 e. The lowest BCUT2D eigenvalue weighted by Crippen LogP contribution is -2.44. The van der Waals surface area contributed by atoms with Crippen molar-refractivity contribution in [2.45, 2.75) is 103 Å². The van der Waals surface area contributed by atoms with Crippen molar-refractivity contribution in [2.75, 3.05) is 6.61 Å². The molecule has 4 N–H and O–H groups in total. The molecule has 0 radical (unpaired) electrons. The Morgan fingerprint density at radius 1 is 1.07 bits per heavy atom. The van der Waals surface area contributed by atoms with Gasteiger partial charge in [-0.15, -0.1) is 0 Å². The van der Waals surface area contributed by atoms with Gasteiger partial charge in [0.1, 0.15) is 0 Å². The molecule has 0 spiro atoms. The number of ether oxygens (including phenoxy) is 1. The first-order chi connectivity index (χ1) is 20.0. The minimum Gasteiger partial charge on any atom is -0.463 e. The van der Waals surface area contributed by atoms with Gasteiger partial charge in [-0.3, -0.25) is 19.2 Å². The molecule has 0 saturated heterocycles. The van der Waals surface area contributed by atoms with Gasteiger partial charge in [-0.1, -0.05) is 74.4 Å². The van der Waals surface area contributed by atoms with Crippen LogP contribution in [0.15, 0.2) is 36.4 Å². The number of carbonyl (C=O) groups excluding carboxylic acids is 5. The van der Waals surface area contributed by atoms with E-state index in [9.17, 15) is 24.0 Å². The number of benzene rings is 1. The number of Topliss-reactive ketones (excluding diaryl/α,β-unsaturated/α-hetero) is 1. The van der Waals surface area contributed by atoms with Gasteiger partial charge in [0.25, 0.3) is 5.24 Å². The fourth-order valence-electron chi connectivity index (χ4n) is 4.93. The number of thioether (sulfide) groups is 1. The molecule has 9 nitrogen and oxygen atoms in total. The minimum atomic E-state index is -0.735. The summed E-state index contributed by atoms with van der Waals surface area (Å²) in [5.41, 5.74) is 7.30. The molecule has 1 fully saturated rings. The SMILES string of the molecule is CCOC(=O)/C=C/[C@H](CCC(N)=O)NC(=O)[C@@H](CC(=O)[C@H](CC(C)C)NC(=O)SC1CCCC1)Cc1ccc(C)cc1. The van der Waals surface area contributed by atoms with Crippen LogP contribution in [0.3, 0.4) is 0 Å². The number of hydrogen-bond acceptors (Lipinski definition) is 7. The van der Waals surface area contributed by atoms with Gasteiger partial charge in [0.05, 0.1) is 12.6 Å². The predicted molar refractivity (Wildman–Crippen MR) is 166 cm³/mol. The van der Waals surface area contributed by atoms with Crippen molar-refractivity contribution in [3.63, 3.8) is 0 Å². The fourth-order valence-corrected chi connectivity index (χ4v) is 6.01. The third-order valence-electron chi connectivity index (χ3n) is 7.17. The Balaban J connectivity index is 2.23. The summed E-state index contributed by atoms with van der Waals surface area (Å²) >= 11 is 1.27. The average molecular weight is 602 g/mol. The van der Waals surface area contributed by atoms with Gasteiger partial charge >= 0.3 is 5.97 Å². The molecule has 3 atom stereocenters. The average Bonchev–Trinajstić information content (AvgIpc) is 3.43. The third-order valence-corrected chi connectivity index (χ3v) is 8.30. The second-order valence-corrected chi connectivity index (χ2v) is 12.7. The van der Waals surface area contributed by atoms with E-state index in [-0.39, 0.29) is 54.0 Å². The summed E-state index contributed by atoms with van der Waals surface area (Å²) in [5, 5.41) is 5.91. The predicted octanol–water partition coefficient (Wildman–Crippen LogP) is 4.78. The lowest BCUT2D eigenvalue weighted by molar-refractivity contribution is -0.137. The maximum Gasteiger partial charge on any atom is 0.330 e. The Morgan fingerprint density at radius 2 is 1.74 bits per heavy atom. The molecule has 0 bridgehead atoms. The number of hydrogen-bond donors (Lipinski definition) is 3. The standard InChI is InChI=1S/C32H47N3O6S/c1-5-41-30(38)17-15-25(14-16-29(33)37)34-31(39)24(19-23-12-10-22(4)11-13-23)20-28(36)27(18-21(2)3)35-32(40)42-26-8-6-7-9-26/h10-13,15,17,21,24-27H,5-9,14,16,18-20H2,1-4H3,(H2,33,37)(H,34,39)(H,35,40)/b17-15+/t24-,25+,27+/m1/s1. The Bertz CT molecular complexity index is 1080. The monoisotopic (exact) mass is 601 g/mol. The molecule has 1 saturated carbocycles. The second kappa shape index (κ2) is 18.4. The van der Waals surface area contributed by atoms with Crippen LogP contribution in [0.4, 0.5) is 4.79 Å². The number of primary amides is 1. The fraction of sp³-hybridized carbons (Fsp3) is 0.594. The first-order valence-electron chi connectivity index (χ1n) is 15.0. The summed E-state index contributed by atoms with van der Waals surface area (Å²) in [6.07, 6.45) is 7.82. The normalized spacial score (nSPS) is 15.7. The van der Waals surface area contributed by atoms with E-state index in [0.29, 0.717) is 12.8 Å². The molecule has 1 aromatic rings.